The molecule has 3 aliphatic rings. The number of fused-ring (bicyclic) bond motifs is 2. The van der Waals surface area contributed by atoms with Gasteiger partial charge in [-0.2, -0.15) is 5.26 Å². The lowest BCUT2D eigenvalue weighted by atomic mass is 9.91. The number of nitrogens with one attached hydrogen (secondary N) is 5. The minimum atomic E-state index is -2.29. The first-order valence-corrected chi connectivity index (χ1v) is 27.9. The standard InChI is InChI=1S/C52H83N9O15S/c1-5-28(2)24-29(3)12-10-8-6-7-9-11-13-39(68)55-34-26-38(67)50(77-23-21-54)59-49(74)43-37(66)19-22-60(43)52(76)41(36(65)18-20-53)57-48(73)42(45(70)44(69)31-14-16-32(63)17-15-31)58-47(72)35-25-33(64)27-61(35)51(75)40(30(4)62)56-46(34)71/h14-17,28-30,33-38,40-45,50,62-67,69-70H,5-13,18-20,22-27,53H2,1-4H3,(H,55,68)(H,56,71)(H,57,73)(H,58,72)(H,59,74)/t28?,29?,30-,33-,34+,35+,36-,37+,38-,40+,41+,42+,43+,44+,45+,50-/m1/s1. The van der Waals surface area contributed by atoms with E-state index in [4.69, 9.17) is 5.73 Å². The lowest BCUT2D eigenvalue weighted by Gasteiger charge is -2.35. The van der Waals surface area contributed by atoms with Crippen molar-refractivity contribution >= 4 is 53.1 Å². The molecule has 24 nitrogen and oxygen atoms in total. The largest absolute Gasteiger partial charge is 0.508 e. The number of aliphatic hydroxyl groups is 7. The van der Waals surface area contributed by atoms with Crippen molar-refractivity contribution in [1.29, 1.82) is 5.26 Å². The molecule has 3 saturated heterocycles. The molecule has 0 aliphatic carbocycles. The Morgan fingerprint density at radius 2 is 1.40 bits per heavy atom. The van der Waals surface area contributed by atoms with Crippen molar-refractivity contribution < 1.29 is 74.4 Å². The Hall–Kier alpha value is -5.17. The van der Waals surface area contributed by atoms with Crippen LogP contribution in [-0.2, 0) is 33.6 Å². The molecule has 0 spiro atoms. The molecule has 7 amide bonds. The molecule has 25 heteroatoms. The topological polar surface area (TPSA) is 398 Å². The molecule has 0 radical (unpaired) electrons. The molecule has 15 N–H and O–H groups in total. The molecule has 432 valence electrons. The number of aliphatic hydroxyl groups excluding tert-OH is 7. The van der Waals surface area contributed by atoms with Gasteiger partial charge in [0, 0.05) is 32.4 Å². The molecular weight excluding hydrogens is 1020 g/mol. The quantitative estimate of drug-likeness (QED) is 0.0581. The van der Waals surface area contributed by atoms with Crippen LogP contribution in [0.2, 0.25) is 0 Å². The van der Waals surface area contributed by atoms with E-state index >= 15 is 0 Å². The molecule has 4 rings (SSSR count). The summed E-state index contributed by atoms with van der Waals surface area (Å²) in [5.41, 5.74) is 5.68. The number of thioether (sulfide) groups is 1. The van der Waals surface area contributed by atoms with Crippen molar-refractivity contribution in [2.75, 3.05) is 25.4 Å². The number of hydrogen-bond acceptors (Lipinski definition) is 18. The van der Waals surface area contributed by atoms with Crippen LogP contribution >= 0.6 is 11.8 Å². The van der Waals surface area contributed by atoms with Crippen molar-refractivity contribution in [3.05, 3.63) is 29.8 Å². The summed E-state index contributed by atoms with van der Waals surface area (Å²) in [5, 5.41) is 110. The van der Waals surface area contributed by atoms with E-state index in [0.29, 0.717) is 36.4 Å². The fourth-order valence-electron chi connectivity index (χ4n) is 10.1. The van der Waals surface area contributed by atoms with Crippen molar-refractivity contribution in [3.8, 4) is 11.8 Å². The average Bonchev–Trinajstić information content (AvgIpc) is 3.99. The highest BCUT2D eigenvalue weighted by molar-refractivity contribution is 8.00. The zero-order chi connectivity index (χ0) is 57.1. The van der Waals surface area contributed by atoms with Crippen LogP contribution in [0.4, 0.5) is 0 Å². The monoisotopic (exact) mass is 1110 g/mol. The van der Waals surface area contributed by atoms with Gasteiger partial charge in [0.15, 0.2) is 0 Å². The van der Waals surface area contributed by atoms with E-state index in [1.165, 1.54) is 18.6 Å². The van der Waals surface area contributed by atoms with E-state index in [2.05, 4.69) is 47.4 Å². The summed E-state index contributed by atoms with van der Waals surface area (Å²) in [6, 6.07) is -4.64. The van der Waals surface area contributed by atoms with Gasteiger partial charge in [0.25, 0.3) is 0 Å². The summed E-state index contributed by atoms with van der Waals surface area (Å²) >= 11 is 0.708. The lowest BCUT2D eigenvalue weighted by molar-refractivity contribution is -0.148. The molecule has 3 fully saturated rings. The second kappa shape index (κ2) is 31.4. The number of nitriles is 1. The van der Waals surface area contributed by atoms with Crippen LogP contribution < -0.4 is 32.3 Å². The van der Waals surface area contributed by atoms with Gasteiger partial charge >= 0.3 is 0 Å². The summed E-state index contributed by atoms with van der Waals surface area (Å²) in [4.78, 5) is 102. The maximum atomic E-state index is 14.6. The number of nitrogens with two attached hydrogens (primary N) is 1. The molecule has 77 heavy (non-hydrogen) atoms. The maximum absolute atomic E-state index is 14.6. The van der Waals surface area contributed by atoms with E-state index in [0.717, 1.165) is 67.4 Å². The number of benzene rings is 1. The van der Waals surface area contributed by atoms with Crippen molar-refractivity contribution in [3.63, 3.8) is 0 Å². The summed E-state index contributed by atoms with van der Waals surface area (Å²) in [6.07, 6.45) is -5.71. The van der Waals surface area contributed by atoms with Crippen LogP contribution in [-0.4, -0.2) is 196 Å². The zero-order valence-electron chi connectivity index (χ0n) is 44.5. The SMILES string of the molecule is CCC(C)CC(C)CCCCCCCCC(=O)N[C@H]1C[C@@H](O)[C@@H](SCC#N)NC(=O)[C@@H]2[C@@H](O)CCN2C(=O)[C@H]([C@H](O)CCN)NC(=O)[C@H]([C@H](O)[C@@H](O)c2ccc(O)cc2)NC(=O)[C@@H]2C[C@@H](O)CN2C(=O)[C@H]([C@@H](C)O)NC1=O. The van der Waals surface area contributed by atoms with E-state index in [9.17, 15) is 79.7 Å². The molecule has 2 unspecified atom stereocenters. The number of phenolic OH excluding ortho intramolecular Hbond substituents is 1. The Balaban J connectivity index is 1.73. The van der Waals surface area contributed by atoms with Crippen LogP contribution in [0.15, 0.2) is 24.3 Å². The first-order valence-electron chi connectivity index (χ1n) is 26.9. The zero-order valence-corrected chi connectivity index (χ0v) is 45.4. The first kappa shape index (κ1) is 64.4. The Morgan fingerprint density at radius 3 is 2.04 bits per heavy atom. The number of nitrogens with zero attached hydrogens (tertiary/aromatic N) is 3. The average molecular weight is 1110 g/mol. The summed E-state index contributed by atoms with van der Waals surface area (Å²) < 4.78 is 0. The maximum Gasteiger partial charge on any atom is 0.248 e. The second-order valence-corrected chi connectivity index (χ2v) is 22.1. The first-order chi connectivity index (χ1) is 36.5. The normalized spacial score (nSPS) is 28.5. The number of amides is 7. The molecular formula is C52H83N9O15S. The molecule has 1 aromatic rings. The van der Waals surface area contributed by atoms with Crippen LogP contribution in [0.5, 0.6) is 5.75 Å². The Kier molecular flexibility index (Phi) is 26.3. The molecule has 0 saturated carbocycles. The number of phenols is 1. The third-order valence-corrected chi connectivity index (χ3v) is 15.7. The number of hydrogen-bond donors (Lipinski definition) is 14. The van der Waals surface area contributed by atoms with Gasteiger partial charge in [-0.25, -0.2) is 0 Å². The number of carbonyl (C=O) groups excluding carboxylic acids is 7. The predicted molar refractivity (Wildman–Crippen MR) is 281 cm³/mol. The van der Waals surface area contributed by atoms with Gasteiger partial charge in [0.2, 0.25) is 41.4 Å². The Bertz CT molecular complexity index is 2160. The van der Waals surface area contributed by atoms with Crippen molar-refractivity contribution in [2.45, 2.75) is 202 Å². The van der Waals surface area contributed by atoms with Crippen molar-refractivity contribution in [1.82, 2.24) is 36.4 Å². The number of unbranched alkanes of at least 4 members (excludes halogenated alkanes) is 5. The summed E-state index contributed by atoms with van der Waals surface area (Å²) in [6.45, 7) is 6.74. The lowest BCUT2D eigenvalue weighted by Crippen LogP contribution is -2.64. The van der Waals surface area contributed by atoms with Crippen LogP contribution in [0.1, 0.15) is 129 Å². The highest BCUT2D eigenvalue weighted by Crippen LogP contribution is 2.27. The predicted octanol–water partition coefficient (Wildman–Crippen LogP) is -1.60. The second-order valence-electron chi connectivity index (χ2n) is 20.9. The molecule has 16 atom stereocenters. The smallest absolute Gasteiger partial charge is 0.248 e. The van der Waals surface area contributed by atoms with Gasteiger partial charge in [0.1, 0.15) is 59.6 Å². The highest BCUT2D eigenvalue weighted by atomic mass is 32.2. The molecule has 0 aromatic heterocycles. The van der Waals surface area contributed by atoms with Gasteiger partial charge in [-0.3, -0.25) is 33.6 Å². The van der Waals surface area contributed by atoms with E-state index in [1.54, 1.807) is 0 Å². The van der Waals surface area contributed by atoms with Crippen LogP contribution in [0.25, 0.3) is 0 Å². The van der Waals surface area contributed by atoms with Gasteiger partial charge in [0.05, 0.1) is 42.3 Å². The van der Waals surface area contributed by atoms with Crippen LogP contribution in [0.3, 0.4) is 0 Å². The van der Waals surface area contributed by atoms with Gasteiger partial charge in [-0.15, -0.1) is 11.8 Å². The number of aromatic hydroxyl groups is 1. The third kappa shape index (κ3) is 18.7. The van der Waals surface area contributed by atoms with Gasteiger partial charge in [-0.05, 0) is 68.7 Å². The Labute approximate surface area is 454 Å². The van der Waals surface area contributed by atoms with Crippen LogP contribution in [0, 0.1) is 23.2 Å². The molecule has 3 heterocycles. The summed E-state index contributed by atoms with van der Waals surface area (Å²) in [5.74, 6) is -6.92. The fraction of sp³-hybridized carbons (Fsp3) is 0.731. The van der Waals surface area contributed by atoms with E-state index in [-0.39, 0.29) is 49.4 Å². The van der Waals surface area contributed by atoms with Crippen molar-refractivity contribution in [2.24, 2.45) is 17.6 Å². The molecule has 3 aliphatic heterocycles. The number of rotatable bonds is 22. The fourth-order valence-corrected chi connectivity index (χ4v) is 10.9. The number of carbonyl (C=O) groups is 7. The Morgan fingerprint density at radius 1 is 0.779 bits per heavy atom. The van der Waals surface area contributed by atoms with Gasteiger partial charge in [-0.1, -0.05) is 77.8 Å². The summed E-state index contributed by atoms with van der Waals surface area (Å²) in [7, 11) is 0. The molecule has 0 bridgehead atoms. The minimum Gasteiger partial charge on any atom is -0.508 e. The highest BCUT2D eigenvalue weighted by Gasteiger charge is 2.49. The third-order valence-electron chi connectivity index (χ3n) is 14.7. The molecule has 1 aromatic carbocycles. The van der Waals surface area contributed by atoms with E-state index in [1.807, 2.05) is 6.07 Å². The van der Waals surface area contributed by atoms with Gasteiger partial charge < -0.3 is 83.0 Å². The minimum absolute atomic E-state index is 0.0419. The van der Waals surface area contributed by atoms with E-state index < -0.39 is 145 Å².